The van der Waals surface area contributed by atoms with Crippen molar-refractivity contribution in [1.82, 2.24) is 10.2 Å². The van der Waals surface area contributed by atoms with Gasteiger partial charge in [0, 0.05) is 31.6 Å². The predicted octanol–water partition coefficient (Wildman–Crippen LogP) is 4.38. The number of hydrogen-bond acceptors (Lipinski definition) is 6. The molecule has 0 spiro atoms. The molecule has 0 heterocycles. The third-order valence-electron chi connectivity index (χ3n) is 6.89. The van der Waals surface area contributed by atoms with Crippen molar-refractivity contribution in [2.45, 2.75) is 54.1 Å². The van der Waals surface area contributed by atoms with Gasteiger partial charge in [-0.2, -0.15) is 13.2 Å². The quantitative estimate of drug-likeness (QED) is 0.333. The van der Waals surface area contributed by atoms with E-state index in [0.717, 1.165) is 48.9 Å². The molecule has 2 amide bonds. The number of rotatable bonds is 9. The molecule has 0 unspecified atom stereocenters. The van der Waals surface area contributed by atoms with Crippen LogP contribution in [0, 0.1) is 5.92 Å². The van der Waals surface area contributed by atoms with Crippen molar-refractivity contribution in [1.29, 1.82) is 0 Å². The van der Waals surface area contributed by atoms with E-state index in [1.54, 1.807) is 23.1 Å². The van der Waals surface area contributed by atoms with Crippen LogP contribution in [-0.4, -0.2) is 46.6 Å². The fourth-order valence-electron chi connectivity index (χ4n) is 4.66. The summed E-state index contributed by atoms with van der Waals surface area (Å²) < 4.78 is 82.0. The highest BCUT2D eigenvalue weighted by atomic mass is 32.2. The molecule has 1 aliphatic rings. The van der Waals surface area contributed by atoms with Crippen molar-refractivity contribution < 1.29 is 39.6 Å². The molecule has 1 fully saturated rings. The monoisotopic (exact) mass is 639 g/mol. The van der Waals surface area contributed by atoms with Gasteiger partial charge in [0.2, 0.25) is 22.3 Å². The van der Waals surface area contributed by atoms with Gasteiger partial charge >= 0.3 is 5.51 Å². The minimum atomic E-state index is -5.31. The summed E-state index contributed by atoms with van der Waals surface area (Å²) in [6.45, 7) is 0.669. The largest absolute Gasteiger partial charge is 0.501 e. The SMILES string of the molecule is CN(Cc1ccc(-c2ccccc2S(N)(=O)=O)cc1)C(=O)C1CCCC1.O=CNCc1ccc(S(=O)(=O)C(F)(F)F)cc1. The number of sulfonamides is 1. The van der Waals surface area contributed by atoms with Gasteiger partial charge in [-0.1, -0.05) is 67.4 Å². The number of carbonyl (C=O) groups excluding carboxylic acids is 2. The molecule has 3 aromatic rings. The highest BCUT2D eigenvalue weighted by molar-refractivity contribution is 7.92. The Bertz CT molecular complexity index is 1620. The number of hydrogen-bond donors (Lipinski definition) is 2. The van der Waals surface area contributed by atoms with Gasteiger partial charge in [-0.25, -0.2) is 22.0 Å². The summed E-state index contributed by atoms with van der Waals surface area (Å²) >= 11 is 0. The molecule has 0 radical (unpaired) electrons. The van der Waals surface area contributed by atoms with Crippen molar-refractivity contribution in [3.05, 3.63) is 83.9 Å². The highest BCUT2D eigenvalue weighted by Gasteiger charge is 2.46. The van der Waals surface area contributed by atoms with Crippen LogP contribution in [0.4, 0.5) is 13.2 Å². The van der Waals surface area contributed by atoms with Crippen molar-refractivity contribution in [2.75, 3.05) is 7.05 Å². The van der Waals surface area contributed by atoms with E-state index >= 15 is 0 Å². The lowest BCUT2D eigenvalue weighted by atomic mass is 10.0. The molecule has 3 N–H and O–H groups in total. The molecule has 14 heteroatoms. The molecule has 4 rings (SSSR count). The Morgan fingerprint density at radius 1 is 0.930 bits per heavy atom. The van der Waals surface area contributed by atoms with Crippen LogP contribution in [0.3, 0.4) is 0 Å². The average Bonchev–Trinajstić information content (AvgIpc) is 3.51. The molecule has 1 aliphatic carbocycles. The molecule has 0 aromatic heterocycles. The molecule has 0 atom stereocenters. The Kier molecular flexibility index (Phi) is 11.1. The maximum absolute atomic E-state index is 12.4. The van der Waals surface area contributed by atoms with E-state index in [1.165, 1.54) is 18.2 Å². The standard InChI is InChI=1S/C20H24N2O3S.C9H8F3NO3S/c1-22(20(23)17-6-2-3-7-17)14-15-10-12-16(13-11-15)18-8-4-5-9-19(18)26(21,24)25;10-9(11,12)17(15,16)8-3-1-7(2-4-8)5-13-6-14/h4-5,8-13,17H,2-3,6-7,14H2,1H3,(H2,21,24,25);1-4,6H,5H2,(H,13,14). The lowest BCUT2D eigenvalue weighted by molar-refractivity contribution is -0.134. The summed E-state index contributed by atoms with van der Waals surface area (Å²) in [5, 5.41) is 7.61. The van der Waals surface area contributed by atoms with Gasteiger partial charge in [-0.15, -0.1) is 0 Å². The number of amides is 2. The second-order valence-electron chi connectivity index (χ2n) is 10.0. The smallest absolute Gasteiger partial charge is 0.355 e. The number of nitrogens with two attached hydrogens (primary N) is 1. The van der Waals surface area contributed by atoms with Gasteiger partial charge in [0.1, 0.15) is 0 Å². The molecule has 0 bridgehead atoms. The first kappa shape index (κ1) is 33.7. The van der Waals surface area contributed by atoms with Crippen molar-refractivity contribution >= 4 is 32.2 Å². The van der Waals surface area contributed by atoms with Crippen LogP contribution in [0.5, 0.6) is 0 Å². The van der Waals surface area contributed by atoms with E-state index in [4.69, 9.17) is 5.14 Å². The van der Waals surface area contributed by atoms with Crippen molar-refractivity contribution in [3.63, 3.8) is 0 Å². The number of primary sulfonamides is 1. The van der Waals surface area contributed by atoms with Crippen molar-refractivity contribution in [3.8, 4) is 11.1 Å². The molecule has 0 saturated heterocycles. The number of nitrogens with zero attached hydrogens (tertiary/aromatic N) is 1. The minimum absolute atomic E-state index is 0.112. The predicted molar refractivity (Wildman–Crippen MR) is 154 cm³/mol. The lowest BCUT2D eigenvalue weighted by Gasteiger charge is -2.21. The second-order valence-corrected chi connectivity index (χ2v) is 13.5. The van der Waals surface area contributed by atoms with Gasteiger partial charge in [-0.3, -0.25) is 9.59 Å². The van der Waals surface area contributed by atoms with Gasteiger partial charge in [0.25, 0.3) is 9.84 Å². The Hall–Kier alpha value is -3.75. The van der Waals surface area contributed by atoms with Gasteiger partial charge < -0.3 is 10.2 Å². The molecule has 1 saturated carbocycles. The molecule has 9 nitrogen and oxygen atoms in total. The van der Waals surface area contributed by atoms with Crippen LogP contribution in [0.25, 0.3) is 11.1 Å². The van der Waals surface area contributed by atoms with E-state index in [-0.39, 0.29) is 23.3 Å². The van der Waals surface area contributed by atoms with Gasteiger partial charge in [-0.05, 0) is 47.7 Å². The van der Waals surface area contributed by atoms with Crippen LogP contribution < -0.4 is 10.5 Å². The second kappa shape index (κ2) is 14.1. The number of carbonyl (C=O) groups is 2. The number of alkyl halides is 3. The Labute approximate surface area is 248 Å². The maximum atomic E-state index is 12.4. The van der Waals surface area contributed by atoms with E-state index in [0.29, 0.717) is 24.1 Å². The summed E-state index contributed by atoms with van der Waals surface area (Å²) in [5.74, 6) is 0.382. The van der Waals surface area contributed by atoms with Crippen LogP contribution >= 0.6 is 0 Å². The minimum Gasteiger partial charge on any atom is -0.355 e. The summed E-state index contributed by atoms with van der Waals surface area (Å²) in [6.07, 6.45) is 4.70. The zero-order valence-corrected chi connectivity index (χ0v) is 24.9. The molecule has 3 aromatic carbocycles. The van der Waals surface area contributed by atoms with Gasteiger partial charge in [0.15, 0.2) is 0 Å². The lowest BCUT2D eigenvalue weighted by Crippen LogP contribution is -2.31. The first-order valence-electron chi connectivity index (χ1n) is 13.2. The summed E-state index contributed by atoms with van der Waals surface area (Å²) in [6, 6.07) is 18.4. The fraction of sp³-hybridized carbons (Fsp3) is 0.310. The van der Waals surface area contributed by atoms with E-state index in [1.807, 2.05) is 31.3 Å². The highest BCUT2D eigenvalue weighted by Crippen LogP contribution is 2.31. The van der Waals surface area contributed by atoms with E-state index in [9.17, 15) is 39.6 Å². The fourth-order valence-corrected chi connectivity index (χ4v) is 6.18. The number of sulfone groups is 1. The zero-order chi connectivity index (χ0) is 31.8. The number of nitrogens with one attached hydrogen (secondary N) is 1. The first-order valence-corrected chi connectivity index (χ1v) is 16.2. The average molecular weight is 640 g/mol. The third-order valence-corrected chi connectivity index (χ3v) is 9.36. The normalized spacial score (nSPS) is 14.0. The first-order chi connectivity index (χ1) is 20.1. The third kappa shape index (κ3) is 8.88. The number of benzene rings is 3. The van der Waals surface area contributed by atoms with E-state index < -0.39 is 30.3 Å². The molecule has 0 aliphatic heterocycles. The summed E-state index contributed by atoms with van der Waals surface area (Å²) in [5.41, 5.74) is -2.44. The maximum Gasteiger partial charge on any atom is 0.501 e. The van der Waals surface area contributed by atoms with Crippen LogP contribution in [0.2, 0.25) is 0 Å². The summed E-state index contributed by atoms with van der Waals surface area (Å²) in [4.78, 5) is 23.5. The Balaban J connectivity index is 0.000000259. The Morgan fingerprint density at radius 2 is 1.49 bits per heavy atom. The van der Waals surface area contributed by atoms with Crippen LogP contribution in [0.15, 0.2) is 82.6 Å². The van der Waals surface area contributed by atoms with Crippen LogP contribution in [0.1, 0.15) is 36.8 Å². The summed E-state index contributed by atoms with van der Waals surface area (Å²) in [7, 11) is -7.25. The topological polar surface area (TPSA) is 144 Å². The van der Waals surface area contributed by atoms with Crippen molar-refractivity contribution in [2.24, 2.45) is 11.1 Å². The molecular weight excluding hydrogens is 607 g/mol. The molecule has 43 heavy (non-hydrogen) atoms. The molecular formula is C29H32F3N3O6S2. The molecule has 232 valence electrons. The zero-order valence-electron chi connectivity index (χ0n) is 23.2. The number of halogens is 3. The van der Waals surface area contributed by atoms with E-state index in [2.05, 4.69) is 5.32 Å². The van der Waals surface area contributed by atoms with Gasteiger partial charge in [0.05, 0.1) is 9.79 Å². The Morgan fingerprint density at radius 3 is 2.02 bits per heavy atom. The van der Waals surface area contributed by atoms with Crippen LogP contribution in [-0.2, 0) is 42.5 Å².